The average molecular weight is 2200 g/mol. The molecular formula is C120H257F9O15Si3. The lowest BCUT2D eigenvalue weighted by Crippen LogP contribution is -2.58. The smallest absolute Gasteiger partial charge is 0.426 e. The topological polar surface area (TPSA) is 204 Å². The number of alkyl halides is 9. The van der Waals surface area contributed by atoms with Crippen molar-refractivity contribution in [2.24, 2.45) is 78.8 Å². The number of methoxy groups -OCH3 is 1. The average Bonchev–Trinajstić information content (AvgIpc) is 1.69. The third-order valence-electron chi connectivity index (χ3n) is 27.6. The van der Waals surface area contributed by atoms with Crippen LogP contribution in [0.2, 0.25) is 77.1 Å². The van der Waals surface area contributed by atoms with E-state index in [0.29, 0.717) is 62.8 Å². The summed E-state index contributed by atoms with van der Waals surface area (Å²) in [5.41, 5.74) is -5.87. The van der Waals surface area contributed by atoms with Gasteiger partial charge in [0.05, 0.1) is 64.8 Å². The van der Waals surface area contributed by atoms with Gasteiger partial charge in [-0.15, -0.1) is 0 Å². The van der Waals surface area contributed by atoms with Crippen LogP contribution in [0.3, 0.4) is 0 Å². The standard InChI is InChI=1S/2C16H30O2.2C12H26O2Si.C11H14F6O.C11H24O2Si.C10H14.C9H15F3O2.C7H14O2.16CH4/c1-7-16(5,6)14(17)18-13-10-8-12(9-11-13)15(2,3)4;1-7-15(3,4)14(17)18-16(5,6)13-10-8-12(2)9-11-13;2*1-7-12(2,3)11(13)14-9-8-10-15(4,5)6;12-10(13,14)9(18,11(15,16)17)5-8-4-6-1-2-7(8)3-6;1-7-11(2,3)10(12)13-8-9-14(4,5)6;1-3-9(2)10-7-5-4-6-8-10;1-5-8(3,4)7(13)14-6(2)9(10,11)12;1-5-7(2,3)6(8)9-4;;;;;;;;;;;;;;;;/h2*12-13H,7-11H2,1-6H3;2*7-10H2,1-6H3;6-8,18H,1-5H2;7-9H2,1-6H3;4-9H,3H2,1-2H3;6H,5H2,1-4H3;5H2,1-4H3;16*1H4. The fourth-order valence-corrected chi connectivity index (χ4v) is 16.6. The van der Waals surface area contributed by atoms with E-state index in [1.807, 2.05) is 125 Å². The quantitative estimate of drug-likeness (QED) is 0.0228. The Morgan fingerprint density at radius 1 is 0.381 bits per heavy atom. The molecule has 0 saturated heterocycles. The van der Waals surface area contributed by atoms with Gasteiger partial charge in [-0.2, -0.15) is 39.5 Å². The number of carbonyl (C=O) groups is 7. The largest absolute Gasteiger partial charge is 0.469 e. The third-order valence-corrected chi connectivity index (χ3v) is 33.0. The van der Waals surface area contributed by atoms with Gasteiger partial charge in [-0.1, -0.05) is 329 Å². The minimum absolute atomic E-state index is 0. The minimum Gasteiger partial charge on any atom is -0.469 e. The molecule has 2 bridgehead atoms. The second-order valence-corrected chi connectivity index (χ2v) is 64.1. The van der Waals surface area contributed by atoms with Crippen LogP contribution in [-0.2, 0) is 66.7 Å². The molecule has 4 fully saturated rings. The highest BCUT2D eigenvalue weighted by atomic mass is 28.3. The Balaban J connectivity index is -0.0000000681. The molecule has 0 heterocycles. The van der Waals surface area contributed by atoms with Crippen molar-refractivity contribution < 1.29 is 111 Å². The summed E-state index contributed by atoms with van der Waals surface area (Å²) in [7, 11) is -1.60. The SMILES string of the molecule is C.C.C.C.C.C.C.C.C.C.C.C.C.C.C.C.CCC(C)(C)C(=O)OC.CCC(C)(C)C(=O)OC(C)(C)C1CCC(C)CC1.CCC(C)(C)C(=O)OC(C)C(F)(F)F.CCC(C)(C)C(=O)OC1CCC(C(C)(C)C)CC1.CCC(C)(C)C(=O)OCCC[Si](C)(C)C.CCC(C)(C)C(=O)OCCC[Si](C)(C)C.CCC(C)(C)C(=O)OCC[Si](C)(C)C.CCC(C)c1ccccc1.OC(CC1CC2CCC1C2)(C(F)(F)F)C(F)(F)F. The second kappa shape index (κ2) is 82.9. The van der Waals surface area contributed by atoms with Crippen molar-refractivity contribution in [3.8, 4) is 0 Å². The molecule has 5 atom stereocenters. The summed E-state index contributed by atoms with van der Waals surface area (Å²) < 4.78 is 147. The van der Waals surface area contributed by atoms with Gasteiger partial charge in [-0.05, 0) is 305 Å². The lowest BCUT2D eigenvalue weighted by atomic mass is 9.72. The number of halogens is 9. The summed E-state index contributed by atoms with van der Waals surface area (Å²) in [5, 5.41) is 9.12. The van der Waals surface area contributed by atoms with Gasteiger partial charge in [0.15, 0.2) is 6.10 Å². The molecule has 27 heteroatoms. The number of fused-ring (bicyclic) bond motifs is 2. The Kier molecular flexibility index (Phi) is 107. The van der Waals surface area contributed by atoms with E-state index in [4.69, 9.17) is 28.8 Å². The van der Waals surface area contributed by atoms with E-state index in [9.17, 15) is 73.1 Å². The van der Waals surface area contributed by atoms with Gasteiger partial charge in [-0.3, -0.25) is 33.6 Å². The van der Waals surface area contributed by atoms with Crippen LogP contribution in [0.5, 0.6) is 0 Å². The summed E-state index contributed by atoms with van der Waals surface area (Å²) in [6.07, 6.45) is 1.71. The van der Waals surface area contributed by atoms with Crippen molar-refractivity contribution in [3.63, 3.8) is 0 Å². The van der Waals surface area contributed by atoms with Crippen molar-refractivity contribution in [1.82, 2.24) is 0 Å². The van der Waals surface area contributed by atoms with Gasteiger partial charge in [0.2, 0.25) is 0 Å². The lowest BCUT2D eigenvalue weighted by Gasteiger charge is -2.39. The molecule has 0 aromatic heterocycles. The number of ether oxygens (including phenoxy) is 7. The third kappa shape index (κ3) is 77.5. The summed E-state index contributed by atoms with van der Waals surface area (Å²) in [4.78, 5) is 81.1. The van der Waals surface area contributed by atoms with Crippen LogP contribution in [0.15, 0.2) is 30.3 Å². The zero-order valence-electron chi connectivity index (χ0n) is 90.2. The van der Waals surface area contributed by atoms with Crippen LogP contribution in [0.4, 0.5) is 39.5 Å². The molecule has 1 N–H and O–H groups in total. The van der Waals surface area contributed by atoms with Gasteiger partial charge in [-0.25, -0.2) is 0 Å². The highest BCUT2D eigenvalue weighted by Crippen LogP contribution is 2.56. The molecule has 902 valence electrons. The number of hydrogen-bond acceptors (Lipinski definition) is 15. The van der Waals surface area contributed by atoms with Gasteiger partial charge in [0, 0.05) is 24.2 Å². The van der Waals surface area contributed by atoms with Crippen LogP contribution in [0.1, 0.15) is 486 Å². The van der Waals surface area contributed by atoms with Crippen molar-refractivity contribution in [2.75, 3.05) is 26.9 Å². The zero-order valence-corrected chi connectivity index (χ0v) is 93.2. The first-order valence-electron chi connectivity index (χ1n) is 49.2. The van der Waals surface area contributed by atoms with Crippen LogP contribution in [0, 0.1) is 78.8 Å². The van der Waals surface area contributed by atoms with Gasteiger partial charge in [0.1, 0.15) is 11.7 Å². The first-order valence-corrected chi connectivity index (χ1v) is 60.3. The minimum atomic E-state index is -5.67. The maximum absolute atomic E-state index is 12.5. The number of carbonyl (C=O) groups excluding carboxylic acids is 7. The van der Waals surface area contributed by atoms with Crippen molar-refractivity contribution in [1.29, 1.82) is 0 Å². The number of aliphatic hydroxyl groups is 1. The molecule has 4 aliphatic rings. The molecular weight excluding hydrogens is 1940 g/mol. The number of rotatable bonds is 33. The van der Waals surface area contributed by atoms with E-state index in [1.54, 1.807) is 20.8 Å². The maximum atomic E-state index is 12.5. The highest BCUT2D eigenvalue weighted by Gasteiger charge is 2.71. The maximum Gasteiger partial charge on any atom is 0.426 e. The summed E-state index contributed by atoms with van der Waals surface area (Å²) in [6, 6.07) is 14.1. The molecule has 1 aromatic carbocycles. The lowest BCUT2D eigenvalue weighted by molar-refractivity contribution is -0.373. The van der Waals surface area contributed by atoms with E-state index in [1.165, 1.54) is 69.7 Å². The van der Waals surface area contributed by atoms with Crippen LogP contribution in [-0.4, -0.2) is 140 Å². The number of benzene rings is 1. The van der Waals surface area contributed by atoms with E-state index < -0.39 is 78.2 Å². The van der Waals surface area contributed by atoms with Crippen molar-refractivity contribution >= 4 is 66.0 Å². The molecule has 1 aromatic rings. The molecule has 147 heavy (non-hydrogen) atoms. The predicted octanol–water partition coefficient (Wildman–Crippen LogP) is 41.4. The van der Waals surface area contributed by atoms with Gasteiger partial charge >= 0.3 is 60.3 Å². The highest BCUT2D eigenvalue weighted by molar-refractivity contribution is 6.76. The summed E-state index contributed by atoms with van der Waals surface area (Å²) in [5.74, 6) is 1.12. The van der Waals surface area contributed by atoms with Crippen molar-refractivity contribution in [2.45, 2.75) is 599 Å². The Morgan fingerprint density at radius 2 is 0.687 bits per heavy atom. The molecule has 0 aliphatic heterocycles. The molecule has 15 nitrogen and oxygen atoms in total. The molecule has 4 saturated carbocycles. The summed E-state index contributed by atoms with van der Waals surface area (Å²) >= 11 is 0. The zero-order chi connectivity index (χ0) is 104. The fraction of sp³-hybridized carbons (Fsp3) is 0.892. The summed E-state index contributed by atoms with van der Waals surface area (Å²) in [6.45, 7) is 81.5. The van der Waals surface area contributed by atoms with E-state index in [2.05, 4.69) is 154 Å². The fourth-order valence-electron chi connectivity index (χ4n) is 13.4. The van der Waals surface area contributed by atoms with Gasteiger partial charge < -0.3 is 38.3 Å². The van der Waals surface area contributed by atoms with Crippen LogP contribution in [0.25, 0.3) is 0 Å². The Hall–Kier alpha value is -4.51. The first kappa shape index (κ1) is 190. The Morgan fingerprint density at radius 3 is 0.959 bits per heavy atom. The van der Waals surface area contributed by atoms with E-state index in [0.717, 1.165) is 95.4 Å². The molecule has 5 unspecified atom stereocenters. The van der Waals surface area contributed by atoms with Crippen LogP contribution < -0.4 is 0 Å². The number of esters is 7. The molecule has 0 amide bonds. The second-order valence-electron chi connectivity index (χ2n) is 47.2. The van der Waals surface area contributed by atoms with E-state index >= 15 is 0 Å². The Bertz CT molecular complexity index is 3320. The van der Waals surface area contributed by atoms with E-state index in [-0.39, 0.29) is 211 Å². The molecule has 0 spiro atoms. The predicted molar refractivity (Wildman–Crippen MR) is 635 cm³/mol. The number of hydrogen-bond donors (Lipinski definition) is 1. The first-order chi connectivity index (χ1) is 59.0. The Labute approximate surface area is 913 Å². The van der Waals surface area contributed by atoms with Gasteiger partial charge in [0.25, 0.3) is 5.60 Å². The monoisotopic (exact) mass is 2190 g/mol. The van der Waals surface area contributed by atoms with Crippen LogP contribution >= 0.6 is 0 Å². The normalized spacial score (nSPS) is 17.2. The molecule has 0 radical (unpaired) electrons. The van der Waals surface area contributed by atoms with Crippen molar-refractivity contribution in [3.05, 3.63) is 35.9 Å². The molecule has 5 rings (SSSR count). The molecule has 4 aliphatic carbocycles.